The third kappa shape index (κ3) is 2.02. The van der Waals surface area contributed by atoms with E-state index in [1.165, 1.54) is 18.2 Å². The van der Waals surface area contributed by atoms with Crippen molar-refractivity contribution in [2.75, 3.05) is 5.43 Å². The molecular weight excluding hydrogens is 187 g/mol. The monoisotopic (exact) mass is 196 g/mol. The van der Waals surface area contributed by atoms with Crippen LogP contribution in [0.3, 0.4) is 0 Å². The molecule has 7 heteroatoms. The topological polar surface area (TPSA) is 116 Å². The SMILES string of the molecule is NNc1ccc(B(O)O)c(C(=O)O)c1. The highest BCUT2D eigenvalue weighted by Gasteiger charge is 2.20. The largest absolute Gasteiger partial charge is 0.489 e. The second-order valence-electron chi connectivity index (χ2n) is 2.63. The molecule has 0 radical (unpaired) electrons. The first kappa shape index (κ1) is 10.5. The molecule has 14 heavy (non-hydrogen) atoms. The number of carboxylic acid groups (broad SMARTS) is 1. The number of benzene rings is 1. The van der Waals surface area contributed by atoms with Crippen molar-refractivity contribution in [3.63, 3.8) is 0 Å². The molecule has 0 heterocycles. The number of nitrogens with two attached hydrogens (primary N) is 1. The molecule has 6 nitrogen and oxygen atoms in total. The van der Waals surface area contributed by atoms with Crippen LogP contribution in [0.4, 0.5) is 5.69 Å². The Hall–Kier alpha value is -1.57. The molecule has 6 N–H and O–H groups in total. The summed E-state index contributed by atoms with van der Waals surface area (Å²) in [5, 5.41) is 26.5. The molecule has 0 fully saturated rings. The zero-order valence-electron chi connectivity index (χ0n) is 7.14. The number of carboxylic acids is 1. The lowest BCUT2D eigenvalue weighted by Gasteiger charge is -2.07. The van der Waals surface area contributed by atoms with E-state index in [1.807, 2.05) is 0 Å². The minimum Gasteiger partial charge on any atom is -0.478 e. The van der Waals surface area contributed by atoms with E-state index in [9.17, 15) is 4.79 Å². The number of hydrogen-bond acceptors (Lipinski definition) is 5. The van der Waals surface area contributed by atoms with Crippen molar-refractivity contribution in [1.29, 1.82) is 0 Å². The van der Waals surface area contributed by atoms with Crippen molar-refractivity contribution in [2.45, 2.75) is 0 Å². The van der Waals surface area contributed by atoms with Gasteiger partial charge in [0.25, 0.3) is 0 Å². The van der Waals surface area contributed by atoms with E-state index in [2.05, 4.69) is 5.43 Å². The molecule has 0 amide bonds. The number of nitrogens with one attached hydrogen (secondary N) is 1. The first-order valence-electron chi connectivity index (χ1n) is 3.76. The van der Waals surface area contributed by atoms with E-state index >= 15 is 0 Å². The lowest BCUT2D eigenvalue weighted by atomic mass is 9.77. The molecule has 1 rings (SSSR count). The number of hydrazine groups is 1. The van der Waals surface area contributed by atoms with Gasteiger partial charge in [-0.1, -0.05) is 6.07 Å². The summed E-state index contributed by atoms with van der Waals surface area (Å²) in [6.45, 7) is 0. The summed E-state index contributed by atoms with van der Waals surface area (Å²) in [6.07, 6.45) is 0. The Morgan fingerprint density at radius 3 is 2.50 bits per heavy atom. The Morgan fingerprint density at radius 2 is 2.07 bits per heavy atom. The number of nitrogen functional groups attached to an aromatic ring is 1. The average Bonchev–Trinajstić information content (AvgIpc) is 2.16. The van der Waals surface area contributed by atoms with Gasteiger partial charge in [-0.25, -0.2) is 4.79 Å². The zero-order valence-corrected chi connectivity index (χ0v) is 7.14. The van der Waals surface area contributed by atoms with E-state index in [-0.39, 0.29) is 11.0 Å². The van der Waals surface area contributed by atoms with Crippen LogP contribution in [0.25, 0.3) is 0 Å². The maximum absolute atomic E-state index is 10.7. The Labute approximate surface area is 80.1 Å². The molecule has 0 atom stereocenters. The molecule has 0 bridgehead atoms. The first-order chi connectivity index (χ1) is 6.56. The molecule has 0 aliphatic heterocycles. The second-order valence-corrected chi connectivity index (χ2v) is 2.63. The van der Waals surface area contributed by atoms with Gasteiger partial charge in [0, 0.05) is 5.69 Å². The van der Waals surface area contributed by atoms with Crippen molar-refractivity contribution in [3.8, 4) is 0 Å². The lowest BCUT2D eigenvalue weighted by molar-refractivity contribution is 0.0698. The van der Waals surface area contributed by atoms with E-state index in [0.717, 1.165) is 0 Å². The molecule has 0 aromatic heterocycles. The highest BCUT2D eigenvalue weighted by atomic mass is 16.4. The smallest absolute Gasteiger partial charge is 0.478 e. The van der Waals surface area contributed by atoms with Crippen molar-refractivity contribution in [3.05, 3.63) is 23.8 Å². The summed E-state index contributed by atoms with van der Waals surface area (Å²) >= 11 is 0. The molecule has 0 saturated heterocycles. The second kappa shape index (κ2) is 4.10. The summed E-state index contributed by atoms with van der Waals surface area (Å²) in [4.78, 5) is 10.7. The predicted octanol–water partition coefficient (Wildman–Crippen LogP) is -1.65. The standard InChI is InChI=1S/C7H9BN2O4/c9-10-4-1-2-6(8(13)14)5(3-4)7(11)12/h1-3,10,13-14H,9H2,(H,11,12). The summed E-state index contributed by atoms with van der Waals surface area (Å²) in [7, 11) is -1.81. The van der Waals surface area contributed by atoms with Crippen LogP contribution in [0.1, 0.15) is 10.4 Å². The fourth-order valence-corrected chi connectivity index (χ4v) is 1.06. The molecule has 1 aromatic rings. The zero-order chi connectivity index (χ0) is 10.7. The van der Waals surface area contributed by atoms with Crippen molar-refractivity contribution in [1.82, 2.24) is 0 Å². The van der Waals surface area contributed by atoms with Crippen LogP contribution < -0.4 is 16.7 Å². The Morgan fingerprint density at radius 1 is 1.43 bits per heavy atom. The predicted molar refractivity (Wildman–Crippen MR) is 51.0 cm³/mol. The molecular formula is C7H9BN2O4. The lowest BCUT2D eigenvalue weighted by Crippen LogP contribution is -2.34. The van der Waals surface area contributed by atoms with Gasteiger partial charge in [-0.05, 0) is 17.6 Å². The van der Waals surface area contributed by atoms with Crippen LogP contribution in [0.15, 0.2) is 18.2 Å². The van der Waals surface area contributed by atoms with Gasteiger partial charge in [-0.3, -0.25) is 5.84 Å². The van der Waals surface area contributed by atoms with Crippen molar-refractivity contribution < 1.29 is 19.9 Å². The third-order valence-corrected chi connectivity index (χ3v) is 1.73. The van der Waals surface area contributed by atoms with Gasteiger partial charge in [0.2, 0.25) is 0 Å². The van der Waals surface area contributed by atoms with Crippen molar-refractivity contribution in [2.24, 2.45) is 5.84 Å². The van der Waals surface area contributed by atoms with Gasteiger partial charge >= 0.3 is 13.1 Å². The summed E-state index contributed by atoms with van der Waals surface area (Å²) < 4.78 is 0. The van der Waals surface area contributed by atoms with Gasteiger partial charge in [-0.15, -0.1) is 0 Å². The fraction of sp³-hybridized carbons (Fsp3) is 0. The summed E-state index contributed by atoms with van der Waals surface area (Å²) in [5.41, 5.74) is 2.37. The number of aromatic carboxylic acids is 1. The maximum atomic E-state index is 10.7. The Balaban J connectivity index is 3.24. The van der Waals surface area contributed by atoms with Gasteiger partial charge in [-0.2, -0.15) is 0 Å². The Bertz CT molecular complexity index is 356. The summed E-state index contributed by atoms with van der Waals surface area (Å²) in [6, 6.07) is 3.95. The first-order valence-corrected chi connectivity index (χ1v) is 3.76. The van der Waals surface area contributed by atoms with Crippen LogP contribution >= 0.6 is 0 Å². The molecule has 0 unspecified atom stereocenters. The molecule has 0 aliphatic carbocycles. The number of anilines is 1. The van der Waals surface area contributed by atoms with E-state index in [4.69, 9.17) is 21.0 Å². The average molecular weight is 196 g/mol. The summed E-state index contributed by atoms with van der Waals surface area (Å²) in [5.74, 6) is 3.83. The fourth-order valence-electron chi connectivity index (χ4n) is 1.06. The van der Waals surface area contributed by atoms with E-state index in [1.54, 1.807) is 0 Å². The minimum atomic E-state index is -1.81. The number of hydrogen-bond donors (Lipinski definition) is 5. The third-order valence-electron chi connectivity index (χ3n) is 1.73. The van der Waals surface area contributed by atoms with Gasteiger partial charge in [0.1, 0.15) is 0 Å². The molecule has 0 saturated carbocycles. The van der Waals surface area contributed by atoms with Crippen LogP contribution in [-0.2, 0) is 0 Å². The quantitative estimate of drug-likeness (QED) is 0.224. The van der Waals surface area contributed by atoms with Crippen LogP contribution in [0, 0.1) is 0 Å². The van der Waals surface area contributed by atoms with Gasteiger partial charge < -0.3 is 20.6 Å². The Kier molecular flexibility index (Phi) is 3.08. The van der Waals surface area contributed by atoms with Crippen LogP contribution in [0.5, 0.6) is 0 Å². The highest BCUT2D eigenvalue weighted by Crippen LogP contribution is 2.07. The number of carbonyl (C=O) groups is 1. The van der Waals surface area contributed by atoms with Crippen LogP contribution in [0.2, 0.25) is 0 Å². The van der Waals surface area contributed by atoms with Gasteiger partial charge in [0.15, 0.2) is 0 Å². The minimum absolute atomic E-state index is 0.0727. The molecule has 0 aliphatic rings. The molecule has 0 spiro atoms. The molecule has 74 valence electrons. The number of rotatable bonds is 3. The highest BCUT2D eigenvalue weighted by molar-refractivity contribution is 6.60. The maximum Gasteiger partial charge on any atom is 0.489 e. The normalized spacial score (nSPS) is 9.64. The van der Waals surface area contributed by atoms with Crippen molar-refractivity contribution >= 4 is 24.2 Å². The van der Waals surface area contributed by atoms with Gasteiger partial charge in [0.05, 0.1) is 5.56 Å². The van der Waals surface area contributed by atoms with Crippen LogP contribution in [-0.4, -0.2) is 28.2 Å². The van der Waals surface area contributed by atoms with E-state index in [0.29, 0.717) is 5.69 Å². The van der Waals surface area contributed by atoms with E-state index < -0.39 is 13.1 Å². The molecule has 1 aromatic carbocycles.